The van der Waals surface area contributed by atoms with Gasteiger partial charge in [-0.05, 0) is 30.7 Å². The van der Waals surface area contributed by atoms with E-state index >= 15 is 0 Å². The zero-order chi connectivity index (χ0) is 14.8. The number of carbonyl (C=O) groups is 1. The van der Waals surface area contributed by atoms with Gasteiger partial charge in [-0.2, -0.15) is 0 Å². The van der Waals surface area contributed by atoms with Gasteiger partial charge in [0.15, 0.2) is 0 Å². The van der Waals surface area contributed by atoms with Crippen molar-refractivity contribution in [3.8, 4) is 0 Å². The van der Waals surface area contributed by atoms with Crippen LogP contribution >= 0.6 is 0 Å². The van der Waals surface area contributed by atoms with Gasteiger partial charge in [-0.15, -0.1) is 0 Å². The number of hydrogen-bond acceptors (Lipinski definition) is 1. The summed E-state index contributed by atoms with van der Waals surface area (Å²) >= 11 is 0. The second-order valence-electron chi connectivity index (χ2n) is 5.34. The molecule has 0 saturated heterocycles. The molecule has 2 N–H and O–H groups in total. The third-order valence-corrected chi connectivity index (χ3v) is 3.64. The molecule has 0 heterocycles. The molecule has 0 aliphatic carbocycles. The van der Waals surface area contributed by atoms with Crippen LogP contribution in [0.15, 0.2) is 42.0 Å². The highest BCUT2D eigenvalue weighted by atomic mass is 16.1. The molecular weight excluding hydrogens is 246 g/mol. The van der Waals surface area contributed by atoms with Gasteiger partial charge < -0.3 is 5.73 Å². The van der Waals surface area contributed by atoms with Gasteiger partial charge in [-0.25, -0.2) is 0 Å². The highest BCUT2D eigenvalue weighted by molar-refractivity contribution is 5.92. The van der Waals surface area contributed by atoms with Crippen molar-refractivity contribution in [3.63, 3.8) is 0 Å². The molecule has 0 spiro atoms. The molecule has 2 heteroatoms. The quantitative estimate of drug-likeness (QED) is 0.520. The molecule has 0 bridgehead atoms. The number of primary amides is 1. The molecule has 1 aromatic carbocycles. The van der Waals surface area contributed by atoms with Crippen LogP contribution in [0.2, 0.25) is 0 Å². The van der Waals surface area contributed by atoms with Crippen molar-refractivity contribution >= 4 is 5.91 Å². The summed E-state index contributed by atoms with van der Waals surface area (Å²) < 4.78 is 0. The van der Waals surface area contributed by atoms with E-state index in [1.54, 1.807) is 0 Å². The Bertz CT molecular complexity index is 422. The second kappa shape index (κ2) is 9.35. The molecule has 0 aromatic heterocycles. The van der Waals surface area contributed by atoms with E-state index in [1.165, 1.54) is 5.56 Å². The van der Waals surface area contributed by atoms with Crippen LogP contribution in [0.4, 0.5) is 0 Å². The van der Waals surface area contributed by atoms with Crippen LogP contribution in [0.1, 0.15) is 63.9 Å². The minimum atomic E-state index is -0.266. The van der Waals surface area contributed by atoms with E-state index < -0.39 is 0 Å². The maximum Gasteiger partial charge on any atom is 0.244 e. The Morgan fingerprint density at radius 1 is 1.20 bits per heavy atom. The first-order chi connectivity index (χ1) is 9.69. The van der Waals surface area contributed by atoms with Crippen molar-refractivity contribution in [2.45, 2.75) is 58.3 Å². The van der Waals surface area contributed by atoms with E-state index in [0.29, 0.717) is 5.92 Å². The van der Waals surface area contributed by atoms with Crippen molar-refractivity contribution in [1.82, 2.24) is 0 Å². The van der Waals surface area contributed by atoms with Crippen LogP contribution in [0.25, 0.3) is 0 Å². The summed E-state index contributed by atoms with van der Waals surface area (Å²) in [4.78, 5) is 11.6. The molecule has 0 fully saturated rings. The highest BCUT2D eigenvalue weighted by Gasteiger charge is 2.15. The lowest BCUT2D eigenvalue weighted by Crippen LogP contribution is -2.16. The summed E-state index contributed by atoms with van der Waals surface area (Å²) in [6, 6.07) is 10.4. The van der Waals surface area contributed by atoms with Crippen LogP contribution in [0, 0.1) is 0 Å². The Morgan fingerprint density at radius 3 is 2.45 bits per heavy atom. The Kier molecular flexibility index (Phi) is 7.71. The molecule has 0 radical (unpaired) electrons. The van der Waals surface area contributed by atoms with Crippen molar-refractivity contribution in [3.05, 3.63) is 47.5 Å². The first-order valence-corrected chi connectivity index (χ1v) is 7.72. The lowest BCUT2D eigenvalue weighted by atomic mass is 9.87. The van der Waals surface area contributed by atoms with Crippen LogP contribution < -0.4 is 5.73 Å². The summed E-state index contributed by atoms with van der Waals surface area (Å²) in [7, 11) is 0. The minimum absolute atomic E-state index is 0.266. The summed E-state index contributed by atoms with van der Waals surface area (Å²) in [5, 5.41) is 0. The molecule has 110 valence electrons. The molecule has 1 aromatic rings. The summed E-state index contributed by atoms with van der Waals surface area (Å²) in [6.45, 7) is 4.34. The smallest absolute Gasteiger partial charge is 0.244 e. The first-order valence-electron chi connectivity index (χ1n) is 7.72. The fourth-order valence-corrected chi connectivity index (χ4v) is 2.49. The number of amides is 1. The number of carbonyl (C=O) groups excluding carboxylic acids is 1. The molecule has 1 unspecified atom stereocenters. The third-order valence-electron chi connectivity index (χ3n) is 3.64. The zero-order valence-electron chi connectivity index (χ0n) is 12.8. The largest absolute Gasteiger partial charge is 0.366 e. The summed E-state index contributed by atoms with van der Waals surface area (Å²) in [6.07, 6.45) is 8.19. The number of benzene rings is 1. The third kappa shape index (κ3) is 5.60. The van der Waals surface area contributed by atoms with Gasteiger partial charge >= 0.3 is 0 Å². The standard InChI is InChI=1S/C18H27NO/c1-3-5-7-13-17(18(19)20)14-16(10-4-2)15-11-8-6-9-12-15/h6,8-9,11-13,16H,3-5,7,10,14H2,1-2H3,(H2,19,20)/b17-13-. The highest BCUT2D eigenvalue weighted by Crippen LogP contribution is 2.28. The molecule has 20 heavy (non-hydrogen) atoms. The maximum absolute atomic E-state index is 11.6. The van der Waals surface area contributed by atoms with Gasteiger partial charge in [0, 0.05) is 5.57 Å². The van der Waals surface area contributed by atoms with Gasteiger partial charge in [0.1, 0.15) is 0 Å². The molecule has 0 aliphatic heterocycles. The average molecular weight is 273 g/mol. The van der Waals surface area contributed by atoms with E-state index in [4.69, 9.17) is 5.73 Å². The number of nitrogens with two attached hydrogens (primary N) is 1. The summed E-state index contributed by atoms with van der Waals surface area (Å²) in [5.41, 5.74) is 7.63. The van der Waals surface area contributed by atoms with E-state index in [9.17, 15) is 4.79 Å². The van der Waals surface area contributed by atoms with Gasteiger partial charge in [-0.1, -0.05) is 69.5 Å². The fourth-order valence-electron chi connectivity index (χ4n) is 2.49. The van der Waals surface area contributed by atoms with Gasteiger partial charge in [0.25, 0.3) is 0 Å². The molecular formula is C18H27NO. The Balaban J connectivity index is 2.81. The molecule has 2 nitrogen and oxygen atoms in total. The zero-order valence-corrected chi connectivity index (χ0v) is 12.8. The lowest BCUT2D eigenvalue weighted by Gasteiger charge is -2.17. The minimum Gasteiger partial charge on any atom is -0.366 e. The van der Waals surface area contributed by atoms with Gasteiger partial charge in [0.05, 0.1) is 0 Å². The van der Waals surface area contributed by atoms with Crippen LogP contribution in [0.3, 0.4) is 0 Å². The van der Waals surface area contributed by atoms with Crippen LogP contribution in [-0.2, 0) is 4.79 Å². The van der Waals surface area contributed by atoms with Crippen molar-refractivity contribution in [2.75, 3.05) is 0 Å². The lowest BCUT2D eigenvalue weighted by molar-refractivity contribution is -0.114. The molecule has 0 saturated carbocycles. The van der Waals surface area contributed by atoms with Crippen molar-refractivity contribution in [1.29, 1.82) is 0 Å². The van der Waals surface area contributed by atoms with Crippen molar-refractivity contribution in [2.24, 2.45) is 5.73 Å². The van der Waals surface area contributed by atoms with Gasteiger partial charge in [-0.3, -0.25) is 4.79 Å². The maximum atomic E-state index is 11.6. The first kappa shape index (κ1) is 16.5. The van der Waals surface area contributed by atoms with Gasteiger partial charge in [0.2, 0.25) is 5.91 Å². The van der Waals surface area contributed by atoms with E-state index in [0.717, 1.165) is 44.1 Å². The number of unbranched alkanes of at least 4 members (excludes halogenated alkanes) is 2. The number of allylic oxidation sites excluding steroid dienone is 1. The molecule has 1 rings (SSSR count). The van der Waals surface area contributed by atoms with Crippen molar-refractivity contribution < 1.29 is 4.79 Å². The molecule has 0 aliphatic rings. The molecule has 1 atom stereocenters. The number of hydrogen-bond donors (Lipinski definition) is 1. The predicted molar refractivity (Wildman–Crippen MR) is 85.5 cm³/mol. The second-order valence-corrected chi connectivity index (χ2v) is 5.34. The normalized spacial score (nSPS) is 13.2. The van der Waals surface area contributed by atoms with Crippen LogP contribution in [0.5, 0.6) is 0 Å². The Labute approximate surface area is 123 Å². The van der Waals surface area contributed by atoms with E-state index in [1.807, 2.05) is 12.1 Å². The Hall–Kier alpha value is -1.57. The monoisotopic (exact) mass is 273 g/mol. The Morgan fingerprint density at radius 2 is 1.90 bits per heavy atom. The van der Waals surface area contributed by atoms with Crippen LogP contribution in [-0.4, -0.2) is 5.91 Å². The predicted octanol–water partition coefficient (Wildman–Crippen LogP) is 4.56. The SMILES string of the molecule is CCCC/C=C(/CC(CCC)c1ccccc1)C(N)=O. The summed E-state index contributed by atoms with van der Waals surface area (Å²) in [5.74, 6) is 0.125. The van der Waals surface area contributed by atoms with E-state index in [-0.39, 0.29) is 5.91 Å². The topological polar surface area (TPSA) is 43.1 Å². The van der Waals surface area contributed by atoms with E-state index in [2.05, 4.69) is 38.1 Å². The molecule has 1 amide bonds. The average Bonchev–Trinajstić information content (AvgIpc) is 2.46. The number of rotatable bonds is 9. The fraction of sp³-hybridized carbons (Fsp3) is 0.500.